The lowest BCUT2D eigenvalue weighted by molar-refractivity contribution is 0.0956. The van der Waals surface area contributed by atoms with Crippen molar-refractivity contribution in [1.82, 2.24) is 15.5 Å². The lowest BCUT2D eigenvalue weighted by Crippen LogP contribution is -2.16. The molecule has 1 aromatic heterocycles. The predicted octanol–water partition coefficient (Wildman–Crippen LogP) is 2.07. The molecule has 0 fully saturated rings. The first-order chi connectivity index (χ1) is 9.34. The molecule has 0 amide bonds. The maximum atomic E-state index is 5.45. The Labute approximate surface area is 113 Å². The van der Waals surface area contributed by atoms with Crippen molar-refractivity contribution in [3.63, 3.8) is 0 Å². The van der Waals surface area contributed by atoms with Gasteiger partial charge in [0.25, 0.3) is 5.89 Å². The van der Waals surface area contributed by atoms with E-state index in [1.807, 2.05) is 18.2 Å². The van der Waals surface area contributed by atoms with E-state index in [1.54, 1.807) is 6.92 Å². The van der Waals surface area contributed by atoms with E-state index in [9.17, 15) is 0 Å². The van der Waals surface area contributed by atoms with Crippen LogP contribution >= 0.6 is 0 Å². The minimum Gasteiger partial charge on any atom is -0.372 e. The van der Waals surface area contributed by atoms with E-state index < -0.39 is 0 Å². The van der Waals surface area contributed by atoms with E-state index in [0.717, 1.165) is 19.5 Å². The van der Waals surface area contributed by atoms with Gasteiger partial charge in [0.15, 0.2) is 5.82 Å². The second kappa shape index (κ2) is 7.66. The third-order valence-corrected chi connectivity index (χ3v) is 2.61. The number of aryl methyl sites for hydroxylation is 1. The molecule has 0 aliphatic heterocycles. The Morgan fingerprint density at radius 1 is 1.26 bits per heavy atom. The van der Waals surface area contributed by atoms with E-state index in [4.69, 9.17) is 9.26 Å². The van der Waals surface area contributed by atoms with Crippen LogP contribution in [0.5, 0.6) is 0 Å². The Morgan fingerprint density at radius 3 is 2.84 bits per heavy atom. The largest absolute Gasteiger partial charge is 0.372 e. The van der Waals surface area contributed by atoms with Crippen LogP contribution in [-0.4, -0.2) is 23.3 Å². The molecular weight excluding hydrogens is 242 g/mol. The van der Waals surface area contributed by atoms with Crippen molar-refractivity contribution in [2.45, 2.75) is 26.5 Å². The molecule has 5 nitrogen and oxygen atoms in total. The molecule has 102 valence electrons. The third-order valence-electron chi connectivity index (χ3n) is 2.61. The van der Waals surface area contributed by atoms with Crippen molar-refractivity contribution in [3.05, 3.63) is 47.6 Å². The van der Waals surface area contributed by atoms with Crippen LogP contribution in [0.1, 0.15) is 23.7 Å². The Kier molecular flexibility index (Phi) is 5.52. The maximum Gasteiger partial charge on any atom is 0.252 e. The van der Waals surface area contributed by atoms with Crippen LogP contribution < -0.4 is 5.32 Å². The number of nitrogens with zero attached hydrogens (tertiary/aromatic N) is 2. The molecule has 0 saturated heterocycles. The van der Waals surface area contributed by atoms with Crippen LogP contribution in [0.2, 0.25) is 0 Å². The molecule has 0 unspecified atom stereocenters. The molecule has 0 bridgehead atoms. The summed E-state index contributed by atoms with van der Waals surface area (Å²) in [6.45, 7) is 4.69. The summed E-state index contributed by atoms with van der Waals surface area (Å²) < 4.78 is 10.4. The number of ether oxygens (including phenoxy) is 1. The van der Waals surface area contributed by atoms with Gasteiger partial charge < -0.3 is 14.6 Å². The number of aromatic nitrogens is 2. The first-order valence-corrected chi connectivity index (χ1v) is 6.46. The summed E-state index contributed by atoms with van der Waals surface area (Å²) in [5.74, 6) is 1.18. The quantitative estimate of drug-likeness (QED) is 0.737. The van der Waals surface area contributed by atoms with Gasteiger partial charge in [-0.05, 0) is 25.5 Å². The molecule has 0 aliphatic carbocycles. The van der Waals surface area contributed by atoms with Crippen molar-refractivity contribution >= 4 is 0 Å². The molecule has 0 saturated carbocycles. The van der Waals surface area contributed by atoms with Crippen molar-refractivity contribution in [3.8, 4) is 0 Å². The molecule has 5 heteroatoms. The molecule has 0 aliphatic rings. The number of hydrogen-bond donors (Lipinski definition) is 1. The zero-order valence-electron chi connectivity index (χ0n) is 11.1. The van der Waals surface area contributed by atoms with Gasteiger partial charge in [-0.3, -0.25) is 0 Å². The van der Waals surface area contributed by atoms with Crippen LogP contribution in [0.15, 0.2) is 34.9 Å². The highest BCUT2D eigenvalue weighted by atomic mass is 16.5. The summed E-state index contributed by atoms with van der Waals surface area (Å²) >= 11 is 0. The summed E-state index contributed by atoms with van der Waals surface area (Å²) in [6.07, 6.45) is 0.958. The van der Waals surface area contributed by atoms with E-state index in [0.29, 0.717) is 24.9 Å². The fourth-order valence-electron chi connectivity index (χ4n) is 1.69. The molecule has 0 radical (unpaired) electrons. The van der Waals surface area contributed by atoms with Gasteiger partial charge in [-0.2, -0.15) is 4.98 Å². The molecule has 19 heavy (non-hydrogen) atoms. The van der Waals surface area contributed by atoms with Crippen molar-refractivity contribution in [2.24, 2.45) is 0 Å². The van der Waals surface area contributed by atoms with E-state index in [-0.39, 0.29) is 0 Å². The topological polar surface area (TPSA) is 60.2 Å². The molecule has 0 spiro atoms. The number of rotatable bonds is 8. The zero-order chi connectivity index (χ0) is 13.3. The standard InChI is InChI=1S/C14H19N3O2/c1-12-16-14(19-17-12)11-18-9-5-8-15-10-13-6-3-2-4-7-13/h2-4,6-7,15H,5,8-11H2,1H3. The fraction of sp³-hybridized carbons (Fsp3) is 0.429. The van der Waals surface area contributed by atoms with Crippen LogP contribution in [0.25, 0.3) is 0 Å². The van der Waals surface area contributed by atoms with Crippen molar-refractivity contribution in [2.75, 3.05) is 13.2 Å². The fourth-order valence-corrected chi connectivity index (χ4v) is 1.69. The van der Waals surface area contributed by atoms with Gasteiger partial charge in [0.2, 0.25) is 0 Å². The lowest BCUT2D eigenvalue weighted by atomic mass is 10.2. The van der Waals surface area contributed by atoms with Crippen molar-refractivity contribution < 1.29 is 9.26 Å². The normalized spacial score (nSPS) is 10.8. The molecule has 0 atom stereocenters. The maximum absolute atomic E-state index is 5.45. The summed E-state index contributed by atoms with van der Waals surface area (Å²) in [7, 11) is 0. The molecule has 1 N–H and O–H groups in total. The summed E-state index contributed by atoms with van der Waals surface area (Å²) in [6, 6.07) is 10.3. The summed E-state index contributed by atoms with van der Waals surface area (Å²) in [4.78, 5) is 4.07. The monoisotopic (exact) mass is 261 g/mol. The minimum atomic E-state index is 0.388. The lowest BCUT2D eigenvalue weighted by Gasteiger charge is -2.04. The van der Waals surface area contributed by atoms with E-state index in [2.05, 4.69) is 27.6 Å². The molecular formula is C14H19N3O2. The second-order valence-corrected chi connectivity index (χ2v) is 4.30. The van der Waals surface area contributed by atoms with Crippen LogP contribution in [0, 0.1) is 6.92 Å². The SMILES string of the molecule is Cc1noc(COCCCNCc2ccccc2)n1. The minimum absolute atomic E-state index is 0.388. The number of hydrogen-bond acceptors (Lipinski definition) is 5. The highest BCUT2D eigenvalue weighted by Crippen LogP contribution is 1.99. The van der Waals surface area contributed by atoms with Gasteiger partial charge in [0, 0.05) is 13.2 Å². The number of nitrogens with one attached hydrogen (secondary N) is 1. The van der Waals surface area contributed by atoms with Gasteiger partial charge in [0.05, 0.1) is 0 Å². The van der Waals surface area contributed by atoms with Gasteiger partial charge in [-0.15, -0.1) is 0 Å². The third kappa shape index (κ3) is 5.19. The first kappa shape index (κ1) is 13.7. The van der Waals surface area contributed by atoms with E-state index >= 15 is 0 Å². The van der Waals surface area contributed by atoms with Crippen LogP contribution in [0.3, 0.4) is 0 Å². The van der Waals surface area contributed by atoms with Gasteiger partial charge in [-0.1, -0.05) is 35.5 Å². The highest BCUT2D eigenvalue weighted by molar-refractivity contribution is 5.14. The van der Waals surface area contributed by atoms with E-state index in [1.165, 1.54) is 5.56 Å². The molecule has 2 aromatic rings. The Hall–Kier alpha value is -1.72. The summed E-state index contributed by atoms with van der Waals surface area (Å²) in [5, 5.41) is 7.07. The average molecular weight is 261 g/mol. The smallest absolute Gasteiger partial charge is 0.252 e. The highest BCUT2D eigenvalue weighted by Gasteiger charge is 2.01. The van der Waals surface area contributed by atoms with Gasteiger partial charge in [0.1, 0.15) is 6.61 Å². The summed E-state index contributed by atoms with van der Waals surface area (Å²) in [5.41, 5.74) is 1.30. The second-order valence-electron chi connectivity index (χ2n) is 4.30. The molecule has 1 heterocycles. The first-order valence-electron chi connectivity index (χ1n) is 6.46. The Bertz CT molecular complexity index is 471. The van der Waals surface area contributed by atoms with Crippen LogP contribution in [-0.2, 0) is 17.9 Å². The predicted molar refractivity (Wildman–Crippen MR) is 71.5 cm³/mol. The Balaban J connectivity index is 1.48. The number of benzene rings is 1. The van der Waals surface area contributed by atoms with Gasteiger partial charge in [-0.25, -0.2) is 0 Å². The van der Waals surface area contributed by atoms with Crippen molar-refractivity contribution in [1.29, 1.82) is 0 Å². The van der Waals surface area contributed by atoms with Crippen LogP contribution in [0.4, 0.5) is 0 Å². The average Bonchev–Trinajstić information content (AvgIpc) is 2.85. The Morgan fingerprint density at radius 2 is 2.11 bits per heavy atom. The van der Waals surface area contributed by atoms with Gasteiger partial charge >= 0.3 is 0 Å². The molecule has 2 rings (SSSR count). The zero-order valence-corrected chi connectivity index (χ0v) is 11.1. The molecule has 1 aromatic carbocycles.